The van der Waals surface area contributed by atoms with Crippen molar-refractivity contribution in [1.82, 2.24) is 15.1 Å². The number of rotatable bonds is 11. The predicted octanol–water partition coefficient (Wildman–Crippen LogP) is 5.27. The molecule has 0 radical (unpaired) electrons. The number of oxime groups is 1. The van der Waals surface area contributed by atoms with E-state index < -0.39 is 40.5 Å². The second-order valence-electron chi connectivity index (χ2n) is 8.98. The van der Waals surface area contributed by atoms with Gasteiger partial charge in [0.25, 0.3) is 10.1 Å². The van der Waals surface area contributed by atoms with Gasteiger partial charge >= 0.3 is 0 Å². The van der Waals surface area contributed by atoms with E-state index in [9.17, 15) is 22.8 Å². The molecule has 0 aliphatic heterocycles. The largest absolute Gasteiger partial charge is 0.434 e. The van der Waals surface area contributed by atoms with E-state index in [2.05, 4.69) is 15.4 Å². The van der Waals surface area contributed by atoms with Gasteiger partial charge in [-0.1, -0.05) is 46.6 Å². The van der Waals surface area contributed by atoms with Crippen LogP contribution in [0.1, 0.15) is 35.3 Å². The molecule has 10 nitrogen and oxygen atoms in total. The van der Waals surface area contributed by atoms with Gasteiger partial charge in [0.1, 0.15) is 6.04 Å². The fraction of sp³-hybridized carbons (Fsp3) is 0.308. The number of aromatic nitrogens is 2. The lowest BCUT2D eigenvalue weighted by Crippen LogP contribution is -2.46. The normalized spacial score (nSPS) is 13.3. The Hall–Kier alpha value is -3.32. The summed E-state index contributed by atoms with van der Waals surface area (Å²) in [6, 6.07) is 8.83. The van der Waals surface area contributed by atoms with Crippen molar-refractivity contribution in [3.8, 4) is 11.6 Å². The Morgan fingerprint density at radius 1 is 1.18 bits per heavy atom. The number of halogens is 3. The van der Waals surface area contributed by atoms with Gasteiger partial charge in [0.05, 0.1) is 35.8 Å². The third kappa shape index (κ3) is 8.10. The molecule has 214 valence electrons. The summed E-state index contributed by atoms with van der Waals surface area (Å²) in [7, 11) is -3.91. The van der Waals surface area contributed by atoms with Crippen LogP contribution in [0.5, 0.6) is 11.6 Å². The van der Waals surface area contributed by atoms with Gasteiger partial charge in [-0.3, -0.25) is 8.98 Å². The van der Waals surface area contributed by atoms with Gasteiger partial charge in [-0.05, 0) is 55.7 Å². The Balaban J connectivity index is 2.15. The van der Waals surface area contributed by atoms with Crippen LogP contribution < -0.4 is 4.74 Å². The summed E-state index contributed by atoms with van der Waals surface area (Å²) in [5.41, 5.74) is 2.08. The summed E-state index contributed by atoms with van der Waals surface area (Å²) in [4.78, 5) is 14.4. The number of hydrogen-bond donors (Lipinski definition) is 1. The topological polar surface area (TPSA) is 131 Å². The molecule has 1 N–H and O–H groups in total. The van der Waals surface area contributed by atoms with Gasteiger partial charge < -0.3 is 14.8 Å². The monoisotopic (exact) mass is 612 g/mol. The van der Waals surface area contributed by atoms with Crippen LogP contribution >= 0.6 is 23.2 Å². The lowest BCUT2D eigenvalue weighted by molar-refractivity contribution is -0.133. The van der Waals surface area contributed by atoms with Gasteiger partial charge in [-0.25, -0.2) is 4.39 Å². The van der Waals surface area contributed by atoms with Crippen LogP contribution in [0.2, 0.25) is 10.0 Å². The van der Waals surface area contributed by atoms with Crippen LogP contribution in [0.15, 0.2) is 47.6 Å². The third-order valence-electron chi connectivity index (χ3n) is 5.75. The molecule has 40 heavy (non-hydrogen) atoms. The molecular weight excluding hydrogens is 586 g/mol. The zero-order valence-electron chi connectivity index (χ0n) is 22.0. The fourth-order valence-corrected chi connectivity index (χ4v) is 4.89. The van der Waals surface area contributed by atoms with Gasteiger partial charge in [0.15, 0.2) is 11.6 Å². The molecule has 0 aliphatic carbocycles. The third-order valence-corrected chi connectivity index (χ3v) is 6.96. The maximum absolute atomic E-state index is 14.7. The molecule has 2 atom stereocenters. The summed E-state index contributed by atoms with van der Waals surface area (Å²) in [5.74, 6) is -1.85. The Bertz CT molecular complexity index is 1520. The number of amides is 1. The maximum atomic E-state index is 14.7. The van der Waals surface area contributed by atoms with E-state index in [0.717, 1.165) is 18.0 Å². The molecule has 2 aromatic carbocycles. The second-order valence-corrected chi connectivity index (χ2v) is 11.4. The number of aryl methyl sites for hydroxylation is 2. The Labute approximate surface area is 241 Å². The molecule has 3 rings (SSSR count). The highest BCUT2D eigenvalue weighted by atomic mass is 35.5. The molecule has 1 unspecified atom stereocenters. The Kier molecular flexibility index (Phi) is 10.4. The minimum Gasteiger partial charge on any atom is -0.434 e. The molecule has 0 aliphatic rings. The highest BCUT2D eigenvalue weighted by Crippen LogP contribution is 2.35. The predicted molar refractivity (Wildman–Crippen MR) is 148 cm³/mol. The molecule has 0 bridgehead atoms. The average molecular weight is 613 g/mol. The molecular formula is C26H27Cl2FN4O6S. The molecule has 1 amide bonds. The summed E-state index contributed by atoms with van der Waals surface area (Å²) in [6.45, 7) is 4.29. The molecule has 0 saturated heterocycles. The van der Waals surface area contributed by atoms with Crippen LogP contribution in [0.3, 0.4) is 0 Å². The fourth-order valence-electron chi connectivity index (χ4n) is 4.01. The number of carbonyl (C=O) groups excluding carboxylic acids is 1. The lowest BCUT2D eigenvalue weighted by atomic mass is 9.99. The van der Waals surface area contributed by atoms with Crippen molar-refractivity contribution in [3.05, 3.63) is 80.7 Å². The minimum absolute atomic E-state index is 0.0700. The van der Waals surface area contributed by atoms with E-state index in [0.29, 0.717) is 16.3 Å². The first-order valence-electron chi connectivity index (χ1n) is 11.8. The molecule has 3 aromatic rings. The van der Waals surface area contributed by atoms with E-state index in [1.54, 1.807) is 19.1 Å². The molecule has 14 heteroatoms. The van der Waals surface area contributed by atoms with E-state index in [1.165, 1.54) is 36.1 Å². The van der Waals surface area contributed by atoms with E-state index in [4.69, 9.17) is 32.1 Å². The second kappa shape index (κ2) is 13.4. The van der Waals surface area contributed by atoms with Crippen molar-refractivity contribution >= 4 is 45.4 Å². The standard InChI is InChI=1S/C26H27Cl2FN4O6S/c1-15-8-9-18(22(28)10-15)12-19(14-38-40(4,36)37)33(17(3)34)23(13-30-35)20-11-16(2)31-32-26(20)39-24-7-5-6-21(27)25(24)29/h5-11,13,19,23,35H,12,14H2,1-4H3/t19-,23?/m0/s1. The summed E-state index contributed by atoms with van der Waals surface area (Å²) in [6.07, 6.45) is 1.99. The first kappa shape index (κ1) is 31.2. The van der Waals surface area contributed by atoms with Gasteiger partial charge in [0, 0.05) is 17.5 Å². The Morgan fingerprint density at radius 3 is 2.52 bits per heavy atom. The average Bonchev–Trinajstić information content (AvgIpc) is 2.86. The molecule has 0 fully saturated rings. The van der Waals surface area contributed by atoms with Crippen molar-refractivity contribution in [2.24, 2.45) is 5.16 Å². The molecule has 0 spiro atoms. The van der Waals surface area contributed by atoms with Crippen LogP contribution in [-0.4, -0.2) is 59.7 Å². The highest BCUT2D eigenvalue weighted by molar-refractivity contribution is 7.85. The summed E-state index contributed by atoms with van der Waals surface area (Å²) >= 11 is 12.3. The van der Waals surface area contributed by atoms with Crippen LogP contribution in [0.4, 0.5) is 4.39 Å². The van der Waals surface area contributed by atoms with Crippen molar-refractivity contribution in [2.75, 3.05) is 12.9 Å². The van der Waals surface area contributed by atoms with E-state index >= 15 is 0 Å². The number of nitrogens with zero attached hydrogens (tertiary/aromatic N) is 4. The van der Waals surface area contributed by atoms with E-state index in [-0.39, 0.29) is 28.6 Å². The van der Waals surface area contributed by atoms with Crippen molar-refractivity contribution < 1.29 is 31.7 Å². The smallest absolute Gasteiger partial charge is 0.264 e. The van der Waals surface area contributed by atoms with Crippen molar-refractivity contribution in [2.45, 2.75) is 39.3 Å². The highest BCUT2D eigenvalue weighted by Gasteiger charge is 2.34. The first-order valence-corrected chi connectivity index (χ1v) is 14.4. The number of benzene rings is 2. The van der Waals surface area contributed by atoms with Gasteiger partial charge in [0.2, 0.25) is 11.8 Å². The number of ether oxygens (including phenoxy) is 1. The quantitative estimate of drug-likeness (QED) is 0.134. The first-order chi connectivity index (χ1) is 18.8. The summed E-state index contributed by atoms with van der Waals surface area (Å²) in [5, 5.41) is 21.0. The van der Waals surface area contributed by atoms with Crippen LogP contribution in [-0.2, 0) is 25.5 Å². The van der Waals surface area contributed by atoms with Crippen LogP contribution in [0, 0.1) is 19.7 Å². The molecule has 1 heterocycles. The van der Waals surface area contributed by atoms with Crippen molar-refractivity contribution in [1.29, 1.82) is 0 Å². The molecule has 0 saturated carbocycles. The SMILES string of the molecule is CC(=O)N(C(C=NO)c1cc(C)nnc1Oc1cccc(Cl)c1F)[C@H](COS(C)(=O)=O)Cc1ccc(C)cc1Cl. The van der Waals surface area contributed by atoms with Crippen LogP contribution in [0.25, 0.3) is 0 Å². The zero-order valence-corrected chi connectivity index (χ0v) is 24.3. The lowest BCUT2D eigenvalue weighted by Gasteiger charge is -2.36. The summed E-state index contributed by atoms with van der Waals surface area (Å²) < 4.78 is 49.3. The maximum Gasteiger partial charge on any atom is 0.264 e. The molecule has 1 aromatic heterocycles. The Morgan fingerprint density at radius 2 is 1.90 bits per heavy atom. The minimum atomic E-state index is -3.91. The zero-order chi connectivity index (χ0) is 29.6. The number of carbonyl (C=O) groups is 1. The van der Waals surface area contributed by atoms with Crippen molar-refractivity contribution in [3.63, 3.8) is 0 Å². The number of hydrogen-bond acceptors (Lipinski definition) is 9. The van der Waals surface area contributed by atoms with Gasteiger partial charge in [-0.2, -0.15) is 13.5 Å². The van der Waals surface area contributed by atoms with E-state index in [1.807, 2.05) is 13.0 Å². The van der Waals surface area contributed by atoms with Gasteiger partial charge in [-0.15, -0.1) is 5.10 Å².